The number of alkyl halides is 3. The molecule has 2 atom stereocenters. The maximum absolute atomic E-state index is 13.6. The van der Waals surface area contributed by atoms with Crippen LogP contribution < -0.4 is 0 Å². The van der Waals surface area contributed by atoms with Crippen molar-refractivity contribution >= 4 is 40.7 Å². The van der Waals surface area contributed by atoms with Crippen molar-refractivity contribution in [1.82, 2.24) is 0 Å². The van der Waals surface area contributed by atoms with Gasteiger partial charge in [-0.2, -0.15) is 13.2 Å². The molecular formula is C26H25F3NO4S2+. The maximum atomic E-state index is 13.6. The molecule has 3 aromatic rings. The Kier molecular flexibility index (Phi) is 7.67. The van der Waals surface area contributed by atoms with E-state index in [4.69, 9.17) is 9.47 Å². The van der Waals surface area contributed by atoms with E-state index in [1.54, 1.807) is 22.9 Å². The summed E-state index contributed by atoms with van der Waals surface area (Å²) in [5, 5.41) is 3.21. The first-order valence-electron chi connectivity index (χ1n) is 11.3. The van der Waals surface area contributed by atoms with Gasteiger partial charge in [-0.15, -0.1) is 22.7 Å². The Bertz CT molecular complexity index is 1160. The van der Waals surface area contributed by atoms with Gasteiger partial charge in [-0.05, 0) is 34.5 Å². The monoisotopic (exact) mass is 536 g/mol. The summed E-state index contributed by atoms with van der Waals surface area (Å²) < 4.78 is 51.1. The molecule has 1 fully saturated rings. The summed E-state index contributed by atoms with van der Waals surface area (Å²) in [7, 11) is 2.04. The van der Waals surface area contributed by atoms with Crippen molar-refractivity contribution < 1.29 is 36.7 Å². The molecule has 0 radical (unpaired) electrons. The number of rotatable bonds is 8. The third-order valence-electron chi connectivity index (χ3n) is 6.07. The zero-order chi connectivity index (χ0) is 25.8. The minimum Gasteiger partial charge on any atom is -0.453 e. The minimum absolute atomic E-state index is 0.147. The Labute approximate surface area is 215 Å². The van der Waals surface area contributed by atoms with Crippen LogP contribution >= 0.6 is 22.7 Å². The summed E-state index contributed by atoms with van der Waals surface area (Å²) in [6.07, 6.45) is -1.17. The van der Waals surface area contributed by atoms with Crippen molar-refractivity contribution in [2.24, 2.45) is 0 Å². The van der Waals surface area contributed by atoms with Gasteiger partial charge in [0.05, 0.1) is 29.9 Å². The van der Waals surface area contributed by atoms with Crippen LogP contribution in [0.5, 0.6) is 0 Å². The molecule has 10 heteroatoms. The zero-order valence-corrected chi connectivity index (χ0v) is 21.1. The third-order valence-corrected chi connectivity index (χ3v) is 8.01. The van der Waals surface area contributed by atoms with Crippen LogP contribution in [-0.4, -0.2) is 55.4 Å². The lowest BCUT2D eigenvalue weighted by Crippen LogP contribution is -2.47. The fourth-order valence-electron chi connectivity index (χ4n) is 4.25. The molecule has 0 N–H and O–H groups in total. The summed E-state index contributed by atoms with van der Waals surface area (Å²) in [6, 6.07) is 16.0. The SMILES string of the molecule is C[N+]1(CC=Cc2ccccc2)CCC(OC(=O)C(OC(=O)C(F)(F)F)(c2cccs2)c2cccs2)C1. The van der Waals surface area contributed by atoms with Gasteiger partial charge in [0, 0.05) is 6.42 Å². The molecule has 0 aliphatic carbocycles. The lowest BCUT2D eigenvalue weighted by Gasteiger charge is -2.31. The fraction of sp³-hybridized carbons (Fsp3) is 0.308. The van der Waals surface area contributed by atoms with Crippen molar-refractivity contribution in [1.29, 1.82) is 0 Å². The number of quaternary nitrogens is 1. The number of carbonyl (C=O) groups is 2. The van der Waals surface area contributed by atoms with Crippen LogP contribution in [0.25, 0.3) is 6.08 Å². The van der Waals surface area contributed by atoms with Gasteiger partial charge in [0.25, 0.3) is 5.60 Å². The number of likely N-dealkylation sites (N-methyl/N-ethyl adjacent to an activating group) is 1. The number of nitrogens with zero attached hydrogens (tertiary/aromatic N) is 1. The van der Waals surface area contributed by atoms with Gasteiger partial charge in [-0.1, -0.05) is 48.5 Å². The summed E-state index contributed by atoms with van der Waals surface area (Å²) in [5.41, 5.74) is -1.25. The van der Waals surface area contributed by atoms with E-state index < -0.39 is 29.8 Å². The van der Waals surface area contributed by atoms with E-state index in [9.17, 15) is 22.8 Å². The highest BCUT2D eigenvalue weighted by atomic mass is 32.1. The minimum atomic E-state index is -5.27. The Balaban J connectivity index is 1.54. The van der Waals surface area contributed by atoms with Crippen molar-refractivity contribution in [3.8, 4) is 0 Å². The summed E-state index contributed by atoms with van der Waals surface area (Å²) in [4.78, 5) is 25.9. The predicted molar refractivity (Wildman–Crippen MR) is 132 cm³/mol. The standard InChI is InChI=1S/C26H25F3NO4S2/c1-30(14-5-10-19-8-3-2-4-9-19)15-13-20(18-30)33-23(31)25(21-11-6-16-35-21,22-12-7-17-36-22)34-24(32)26(27,28)29/h2-12,16-17,20H,13-15,18H2,1H3/q+1. The van der Waals surface area contributed by atoms with Gasteiger partial charge in [0.2, 0.25) is 0 Å². The number of carbonyl (C=O) groups excluding carboxylic acids is 2. The van der Waals surface area contributed by atoms with Gasteiger partial charge in [0.1, 0.15) is 6.54 Å². The quantitative estimate of drug-likeness (QED) is 0.277. The van der Waals surface area contributed by atoms with E-state index in [2.05, 4.69) is 6.08 Å². The number of likely N-dealkylation sites (tertiary alicyclic amines) is 1. The molecule has 5 nitrogen and oxygen atoms in total. The number of benzene rings is 1. The van der Waals surface area contributed by atoms with Crippen LogP contribution in [0.3, 0.4) is 0 Å². The molecule has 0 saturated carbocycles. The number of hydrogen-bond acceptors (Lipinski definition) is 6. The highest BCUT2D eigenvalue weighted by Crippen LogP contribution is 2.42. The van der Waals surface area contributed by atoms with Gasteiger partial charge < -0.3 is 14.0 Å². The van der Waals surface area contributed by atoms with Gasteiger partial charge in [-0.25, -0.2) is 9.59 Å². The molecular weight excluding hydrogens is 511 g/mol. The normalized spacial score (nSPS) is 20.5. The van der Waals surface area contributed by atoms with Crippen molar-refractivity contribution in [3.63, 3.8) is 0 Å². The summed E-state index contributed by atoms with van der Waals surface area (Å²) >= 11 is 2.05. The lowest BCUT2D eigenvalue weighted by atomic mass is 9.99. The van der Waals surface area contributed by atoms with Crippen LogP contribution in [0.1, 0.15) is 21.7 Å². The summed E-state index contributed by atoms with van der Waals surface area (Å²) in [6.45, 7) is 1.92. The third kappa shape index (κ3) is 5.71. The highest BCUT2D eigenvalue weighted by Gasteiger charge is 2.55. The smallest absolute Gasteiger partial charge is 0.453 e. The Hall–Kier alpha value is -2.95. The van der Waals surface area contributed by atoms with E-state index in [1.165, 1.54) is 12.1 Å². The van der Waals surface area contributed by atoms with Crippen LogP contribution in [0.4, 0.5) is 13.2 Å². The average Bonchev–Trinajstić information content (AvgIpc) is 3.61. The molecule has 0 bridgehead atoms. The number of thiophene rings is 2. The second-order valence-corrected chi connectivity index (χ2v) is 10.8. The number of halogens is 3. The topological polar surface area (TPSA) is 52.6 Å². The lowest BCUT2D eigenvalue weighted by molar-refractivity contribution is -0.893. The number of hydrogen-bond donors (Lipinski definition) is 0. The fourth-order valence-corrected chi connectivity index (χ4v) is 6.04. The molecule has 4 rings (SSSR count). The van der Waals surface area contributed by atoms with Crippen LogP contribution in [-0.2, 0) is 24.7 Å². The van der Waals surface area contributed by atoms with Gasteiger partial charge in [-0.3, -0.25) is 0 Å². The van der Waals surface area contributed by atoms with Crippen LogP contribution in [0.2, 0.25) is 0 Å². The molecule has 2 unspecified atom stereocenters. The maximum Gasteiger partial charge on any atom is 0.490 e. The predicted octanol–water partition coefficient (Wildman–Crippen LogP) is 5.63. The molecule has 0 spiro atoms. The van der Waals surface area contributed by atoms with Crippen molar-refractivity contribution in [2.75, 3.05) is 26.7 Å². The highest BCUT2D eigenvalue weighted by molar-refractivity contribution is 7.12. The van der Waals surface area contributed by atoms with E-state index in [0.717, 1.165) is 34.8 Å². The molecule has 1 aliphatic rings. The number of esters is 2. The largest absolute Gasteiger partial charge is 0.490 e. The molecule has 0 amide bonds. The Morgan fingerprint density at radius 2 is 1.64 bits per heavy atom. The van der Waals surface area contributed by atoms with Crippen molar-refractivity contribution in [2.45, 2.75) is 24.3 Å². The molecule has 36 heavy (non-hydrogen) atoms. The van der Waals surface area contributed by atoms with E-state index in [0.29, 0.717) is 24.0 Å². The second-order valence-electron chi connectivity index (χ2n) is 8.86. The average molecular weight is 537 g/mol. The molecule has 1 saturated heterocycles. The first-order valence-corrected chi connectivity index (χ1v) is 13.0. The first kappa shape index (κ1) is 26.1. The molecule has 2 aromatic heterocycles. The van der Waals surface area contributed by atoms with Gasteiger partial charge in [0.15, 0.2) is 6.10 Å². The van der Waals surface area contributed by atoms with Crippen LogP contribution in [0.15, 0.2) is 71.4 Å². The summed E-state index contributed by atoms with van der Waals surface area (Å²) in [5.74, 6) is -3.47. The second kappa shape index (κ2) is 10.6. The Morgan fingerprint density at radius 1 is 1.00 bits per heavy atom. The molecule has 3 heterocycles. The van der Waals surface area contributed by atoms with E-state index in [1.807, 2.05) is 43.5 Å². The first-order chi connectivity index (χ1) is 17.1. The molecule has 1 aliphatic heterocycles. The van der Waals surface area contributed by atoms with Crippen LogP contribution in [0, 0.1) is 0 Å². The van der Waals surface area contributed by atoms with Crippen molar-refractivity contribution in [3.05, 3.63) is 86.8 Å². The zero-order valence-electron chi connectivity index (χ0n) is 19.4. The molecule has 1 aromatic carbocycles. The molecule has 190 valence electrons. The van der Waals surface area contributed by atoms with E-state index >= 15 is 0 Å². The van der Waals surface area contributed by atoms with Gasteiger partial charge >= 0.3 is 18.1 Å². The number of ether oxygens (including phenoxy) is 2. The Morgan fingerprint density at radius 3 is 2.19 bits per heavy atom. The van der Waals surface area contributed by atoms with E-state index in [-0.39, 0.29) is 9.75 Å².